The number of amidine groups is 1. The molecule has 0 atom stereocenters. The molecule has 19 heavy (non-hydrogen) atoms. The van der Waals surface area contributed by atoms with E-state index in [0.717, 1.165) is 18.9 Å². The van der Waals surface area contributed by atoms with E-state index in [2.05, 4.69) is 10.5 Å². The number of nitrogens with zero attached hydrogens (tertiary/aromatic N) is 1. The largest absolute Gasteiger partial charge is 0.409 e. The summed E-state index contributed by atoms with van der Waals surface area (Å²) in [6, 6.07) is 6.66. The van der Waals surface area contributed by atoms with Crippen molar-refractivity contribution < 1.29 is 10.0 Å². The molecule has 1 amide bonds. The maximum Gasteiger partial charge on any atom is 0.251 e. The van der Waals surface area contributed by atoms with Gasteiger partial charge in [0.25, 0.3) is 5.91 Å². The second-order valence-corrected chi connectivity index (χ2v) is 4.90. The summed E-state index contributed by atoms with van der Waals surface area (Å²) in [5.74, 6) is 0.857. The molecule has 0 aromatic heterocycles. The lowest BCUT2D eigenvalue weighted by molar-refractivity contribution is 0.0953. The fourth-order valence-corrected chi connectivity index (χ4v) is 1.95. The lowest BCUT2D eigenvalue weighted by Crippen LogP contribution is -2.24. The van der Waals surface area contributed by atoms with Crippen LogP contribution < -0.4 is 11.1 Å². The Balaban J connectivity index is 1.80. The number of hydrogen-bond acceptors (Lipinski definition) is 3. The molecule has 0 radical (unpaired) electrons. The second-order valence-electron chi connectivity index (χ2n) is 4.90. The van der Waals surface area contributed by atoms with E-state index in [1.807, 2.05) is 0 Å². The van der Waals surface area contributed by atoms with Gasteiger partial charge in [-0.15, -0.1) is 0 Å². The minimum absolute atomic E-state index is 0.0383. The predicted octanol–water partition coefficient (Wildman–Crippen LogP) is 1.70. The van der Waals surface area contributed by atoms with Gasteiger partial charge >= 0.3 is 0 Å². The number of amides is 1. The highest BCUT2D eigenvalue weighted by Crippen LogP contribution is 2.33. The van der Waals surface area contributed by atoms with Gasteiger partial charge in [0.2, 0.25) is 0 Å². The molecule has 0 saturated heterocycles. The average molecular weight is 261 g/mol. The molecule has 4 N–H and O–H groups in total. The lowest BCUT2D eigenvalue weighted by Gasteiger charge is -2.05. The zero-order valence-corrected chi connectivity index (χ0v) is 10.8. The van der Waals surface area contributed by atoms with Gasteiger partial charge in [-0.25, -0.2) is 0 Å². The van der Waals surface area contributed by atoms with Crippen molar-refractivity contribution in [1.82, 2.24) is 5.32 Å². The number of nitrogens with one attached hydrogen (secondary N) is 1. The van der Waals surface area contributed by atoms with Crippen LogP contribution in [-0.4, -0.2) is 23.5 Å². The molecular weight excluding hydrogens is 242 g/mol. The van der Waals surface area contributed by atoms with Gasteiger partial charge in [0.15, 0.2) is 5.84 Å². The van der Waals surface area contributed by atoms with E-state index in [1.54, 1.807) is 24.3 Å². The van der Waals surface area contributed by atoms with E-state index in [-0.39, 0.29) is 11.7 Å². The summed E-state index contributed by atoms with van der Waals surface area (Å²) in [6.07, 6.45) is 4.95. The van der Waals surface area contributed by atoms with Crippen LogP contribution in [0.1, 0.15) is 41.6 Å². The second kappa shape index (κ2) is 6.22. The third kappa shape index (κ3) is 3.98. The summed E-state index contributed by atoms with van der Waals surface area (Å²) >= 11 is 0. The van der Waals surface area contributed by atoms with E-state index < -0.39 is 0 Å². The van der Waals surface area contributed by atoms with Crippen molar-refractivity contribution in [2.24, 2.45) is 16.8 Å². The highest BCUT2D eigenvalue weighted by Gasteiger charge is 2.20. The van der Waals surface area contributed by atoms with Crippen LogP contribution >= 0.6 is 0 Å². The molecular formula is C14H19N3O2. The number of carbonyl (C=O) groups excluding carboxylic acids is 1. The van der Waals surface area contributed by atoms with E-state index in [9.17, 15) is 4.79 Å². The van der Waals surface area contributed by atoms with Crippen molar-refractivity contribution in [2.75, 3.05) is 6.54 Å². The number of nitrogens with two attached hydrogens (primary N) is 1. The van der Waals surface area contributed by atoms with Crippen LogP contribution in [0.5, 0.6) is 0 Å². The normalized spacial score (nSPS) is 15.3. The van der Waals surface area contributed by atoms with Gasteiger partial charge in [-0.2, -0.15) is 0 Å². The van der Waals surface area contributed by atoms with Crippen LogP contribution in [-0.2, 0) is 0 Å². The van der Waals surface area contributed by atoms with Crippen molar-refractivity contribution in [3.05, 3.63) is 35.4 Å². The average Bonchev–Trinajstić information content (AvgIpc) is 3.27. The Kier molecular flexibility index (Phi) is 4.39. The monoisotopic (exact) mass is 261 g/mol. The van der Waals surface area contributed by atoms with Gasteiger partial charge in [0.1, 0.15) is 0 Å². The molecule has 0 spiro atoms. The Hall–Kier alpha value is -2.04. The summed E-state index contributed by atoms with van der Waals surface area (Å²) in [6.45, 7) is 0.720. The fraction of sp³-hybridized carbons (Fsp3) is 0.429. The van der Waals surface area contributed by atoms with Crippen molar-refractivity contribution >= 4 is 11.7 Å². The highest BCUT2D eigenvalue weighted by atomic mass is 16.4. The first kappa shape index (κ1) is 13.4. The predicted molar refractivity (Wildman–Crippen MR) is 73.2 cm³/mol. The molecule has 0 heterocycles. The SMILES string of the molecule is N/C(=N/O)c1ccc(C(=O)NCCCC2CC2)cc1. The van der Waals surface area contributed by atoms with Gasteiger partial charge in [-0.1, -0.05) is 30.1 Å². The molecule has 1 aromatic rings. The lowest BCUT2D eigenvalue weighted by atomic mass is 10.1. The highest BCUT2D eigenvalue weighted by molar-refractivity contribution is 5.99. The van der Waals surface area contributed by atoms with E-state index in [0.29, 0.717) is 11.1 Å². The van der Waals surface area contributed by atoms with E-state index >= 15 is 0 Å². The maximum atomic E-state index is 11.8. The molecule has 1 aromatic carbocycles. The molecule has 0 bridgehead atoms. The smallest absolute Gasteiger partial charge is 0.251 e. The van der Waals surface area contributed by atoms with E-state index in [1.165, 1.54) is 19.3 Å². The van der Waals surface area contributed by atoms with Crippen molar-refractivity contribution in [2.45, 2.75) is 25.7 Å². The van der Waals surface area contributed by atoms with Crippen LogP contribution in [0.4, 0.5) is 0 Å². The number of benzene rings is 1. The fourth-order valence-electron chi connectivity index (χ4n) is 1.95. The Labute approximate surface area is 112 Å². The molecule has 0 unspecified atom stereocenters. The van der Waals surface area contributed by atoms with Gasteiger partial charge in [0, 0.05) is 17.7 Å². The summed E-state index contributed by atoms with van der Waals surface area (Å²) in [4.78, 5) is 11.8. The molecule has 1 aliphatic carbocycles. The first-order valence-corrected chi connectivity index (χ1v) is 6.57. The zero-order chi connectivity index (χ0) is 13.7. The van der Waals surface area contributed by atoms with Gasteiger partial charge in [0.05, 0.1) is 0 Å². The summed E-state index contributed by atoms with van der Waals surface area (Å²) < 4.78 is 0. The van der Waals surface area contributed by atoms with Crippen molar-refractivity contribution in [1.29, 1.82) is 0 Å². The number of hydrogen-bond donors (Lipinski definition) is 3. The maximum absolute atomic E-state index is 11.8. The minimum atomic E-state index is -0.0816. The first-order valence-electron chi connectivity index (χ1n) is 6.57. The summed E-state index contributed by atoms with van der Waals surface area (Å²) in [5, 5.41) is 14.3. The quantitative estimate of drug-likeness (QED) is 0.239. The third-order valence-electron chi connectivity index (χ3n) is 3.32. The molecule has 5 nitrogen and oxygen atoms in total. The van der Waals surface area contributed by atoms with Gasteiger partial charge < -0.3 is 16.3 Å². The molecule has 2 rings (SSSR count). The number of oxime groups is 1. The topological polar surface area (TPSA) is 87.7 Å². The standard InChI is InChI=1S/C14H19N3O2/c15-13(17-19)11-5-7-12(8-6-11)14(18)16-9-1-2-10-3-4-10/h5-8,10,19H,1-4,9H2,(H2,15,17)(H,16,18). The Morgan fingerprint density at radius 3 is 2.53 bits per heavy atom. The van der Waals surface area contributed by atoms with Gasteiger partial charge in [-0.3, -0.25) is 4.79 Å². The third-order valence-corrected chi connectivity index (χ3v) is 3.32. The van der Waals surface area contributed by atoms with Crippen molar-refractivity contribution in [3.8, 4) is 0 Å². The van der Waals surface area contributed by atoms with Crippen LogP contribution in [0.25, 0.3) is 0 Å². The van der Waals surface area contributed by atoms with Crippen LogP contribution in [0.3, 0.4) is 0 Å². The molecule has 5 heteroatoms. The Morgan fingerprint density at radius 2 is 1.95 bits per heavy atom. The number of rotatable bonds is 6. The zero-order valence-electron chi connectivity index (χ0n) is 10.8. The Bertz CT molecular complexity index is 464. The first-order chi connectivity index (χ1) is 9.20. The Morgan fingerprint density at radius 1 is 1.32 bits per heavy atom. The van der Waals surface area contributed by atoms with E-state index in [4.69, 9.17) is 10.9 Å². The van der Waals surface area contributed by atoms with Crippen LogP contribution in [0.15, 0.2) is 29.4 Å². The summed E-state index contributed by atoms with van der Waals surface area (Å²) in [7, 11) is 0. The molecule has 0 aliphatic heterocycles. The minimum Gasteiger partial charge on any atom is -0.409 e. The van der Waals surface area contributed by atoms with Crippen LogP contribution in [0, 0.1) is 5.92 Å². The van der Waals surface area contributed by atoms with Crippen molar-refractivity contribution in [3.63, 3.8) is 0 Å². The number of carbonyl (C=O) groups is 1. The molecule has 102 valence electrons. The van der Waals surface area contributed by atoms with Gasteiger partial charge in [-0.05, 0) is 30.9 Å². The molecule has 1 fully saturated rings. The molecule has 1 saturated carbocycles. The van der Waals surface area contributed by atoms with Crippen LogP contribution in [0.2, 0.25) is 0 Å². The summed E-state index contributed by atoms with van der Waals surface area (Å²) in [5.41, 5.74) is 6.63. The molecule has 1 aliphatic rings.